The van der Waals surface area contributed by atoms with Crippen LogP contribution in [0.5, 0.6) is 5.75 Å². The lowest BCUT2D eigenvalue weighted by Crippen LogP contribution is -2.47. The van der Waals surface area contributed by atoms with Gasteiger partial charge in [0.15, 0.2) is 0 Å². The minimum atomic E-state index is 0.206. The third-order valence-electron chi connectivity index (χ3n) is 4.11. The van der Waals surface area contributed by atoms with E-state index in [0.717, 1.165) is 30.2 Å². The zero-order chi connectivity index (χ0) is 17.8. The second-order valence-corrected chi connectivity index (χ2v) is 5.86. The molecule has 0 saturated carbocycles. The van der Waals surface area contributed by atoms with Gasteiger partial charge in [0, 0.05) is 31.0 Å². The fraction of sp³-hybridized carbons (Fsp3) is 0.211. The normalized spacial score (nSPS) is 14.9. The second kappa shape index (κ2) is 7.47. The van der Waals surface area contributed by atoms with Gasteiger partial charge in [0.1, 0.15) is 11.6 Å². The van der Waals surface area contributed by atoms with Crippen LogP contribution in [0.25, 0.3) is 11.3 Å². The van der Waals surface area contributed by atoms with Crippen molar-refractivity contribution in [3.05, 3.63) is 60.9 Å². The highest BCUT2D eigenvalue weighted by atomic mass is 16.5. The Hall–Kier alpha value is -3.03. The number of phenols is 1. The van der Waals surface area contributed by atoms with E-state index in [1.54, 1.807) is 30.6 Å². The van der Waals surface area contributed by atoms with Gasteiger partial charge in [-0.25, -0.2) is 25.0 Å². The molecule has 0 bridgehead atoms. The first-order chi connectivity index (χ1) is 12.8. The first-order valence-corrected chi connectivity index (χ1v) is 8.47. The van der Waals surface area contributed by atoms with Crippen molar-refractivity contribution in [3.63, 3.8) is 0 Å². The second-order valence-electron chi connectivity index (χ2n) is 5.86. The molecule has 2 aromatic heterocycles. The first-order valence-electron chi connectivity index (χ1n) is 8.47. The molecule has 0 amide bonds. The Morgan fingerprint density at radius 3 is 2.62 bits per heavy atom. The Balaban J connectivity index is 1.75. The number of morpholine rings is 1. The molecule has 1 aromatic carbocycles. The predicted molar refractivity (Wildman–Crippen MR) is 97.9 cm³/mol. The number of nitrogens with zero attached hydrogens (tertiary/aromatic N) is 5. The molecule has 1 aliphatic rings. The summed E-state index contributed by atoms with van der Waals surface area (Å²) in [6, 6.07) is 14.6. The number of aromatic hydroxyl groups is 1. The molecule has 7 nitrogen and oxygen atoms in total. The molecule has 1 fully saturated rings. The van der Waals surface area contributed by atoms with Crippen molar-refractivity contribution in [3.8, 4) is 17.0 Å². The largest absolute Gasteiger partial charge is 0.508 e. The van der Waals surface area contributed by atoms with Crippen molar-refractivity contribution in [2.24, 2.45) is 0 Å². The summed E-state index contributed by atoms with van der Waals surface area (Å²) >= 11 is 0. The molecule has 132 valence electrons. The first kappa shape index (κ1) is 16.4. The molecule has 1 N–H and O–H groups in total. The number of hydrogen-bond donors (Lipinski definition) is 1. The van der Waals surface area contributed by atoms with Gasteiger partial charge in [-0.2, -0.15) is 0 Å². The molecule has 4 rings (SSSR count). The lowest BCUT2D eigenvalue weighted by Gasteiger charge is -2.36. The zero-order valence-electron chi connectivity index (χ0n) is 14.2. The van der Waals surface area contributed by atoms with E-state index in [1.807, 2.05) is 35.3 Å². The summed E-state index contributed by atoms with van der Waals surface area (Å²) < 4.78 is 5.47. The van der Waals surface area contributed by atoms with Gasteiger partial charge < -0.3 is 9.84 Å². The molecule has 26 heavy (non-hydrogen) atoms. The van der Waals surface area contributed by atoms with E-state index in [4.69, 9.17) is 9.72 Å². The van der Waals surface area contributed by atoms with Gasteiger partial charge in [-0.05, 0) is 30.3 Å². The maximum Gasteiger partial charge on any atom is 0.246 e. The molecule has 1 saturated heterocycles. The van der Waals surface area contributed by atoms with E-state index in [-0.39, 0.29) is 5.75 Å². The number of hydrogen-bond acceptors (Lipinski definition) is 7. The number of aromatic nitrogens is 3. The molecular formula is C19H19N5O2. The topological polar surface area (TPSA) is 74.6 Å². The Morgan fingerprint density at radius 2 is 1.85 bits per heavy atom. The van der Waals surface area contributed by atoms with Crippen molar-refractivity contribution >= 4 is 11.8 Å². The van der Waals surface area contributed by atoms with E-state index >= 15 is 0 Å². The van der Waals surface area contributed by atoms with Crippen LogP contribution in [0.4, 0.5) is 11.8 Å². The summed E-state index contributed by atoms with van der Waals surface area (Å²) in [6.45, 7) is 2.76. The highest BCUT2D eigenvalue weighted by Crippen LogP contribution is 2.26. The van der Waals surface area contributed by atoms with Crippen LogP contribution in [-0.4, -0.2) is 51.4 Å². The minimum Gasteiger partial charge on any atom is -0.508 e. The van der Waals surface area contributed by atoms with E-state index in [0.29, 0.717) is 19.2 Å². The van der Waals surface area contributed by atoms with Crippen LogP contribution >= 0.6 is 0 Å². The number of benzene rings is 1. The van der Waals surface area contributed by atoms with Crippen LogP contribution < -0.4 is 5.01 Å². The number of phenolic OH excluding ortho intramolecular Hbond substituents is 1. The highest BCUT2D eigenvalue weighted by molar-refractivity contribution is 5.63. The third-order valence-corrected chi connectivity index (χ3v) is 4.11. The van der Waals surface area contributed by atoms with Crippen LogP contribution in [0, 0.1) is 0 Å². The summed E-state index contributed by atoms with van der Waals surface area (Å²) in [5, 5.41) is 13.8. The summed E-state index contributed by atoms with van der Waals surface area (Å²) in [7, 11) is 0. The SMILES string of the molecule is Oc1cccc(-c2ccnc(N(c3ccccn3)N3CCOCC3)n2)c1. The molecule has 1 aliphatic heterocycles. The monoisotopic (exact) mass is 349 g/mol. The van der Waals surface area contributed by atoms with Crippen LogP contribution in [0.2, 0.25) is 0 Å². The Bertz CT molecular complexity index is 869. The van der Waals surface area contributed by atoms with Gasteiger partial charge in [0.05, 0.1) is 18.9 Å². The zero-order valence-corrected chi connectivity index (χ0v) is 14.2. The van der Waals surface area contributed by atoms with E-state index in [2.05, 4.69) is 15.0 Å². The Morgan fingerprint density at radius 1 is 0.962 bits per heavy atom. The number of hydrazine groups is 1. The van der Waals surface area contributed by atoms with E-state index in [9.17, 15) is 5.11 Å². The predicted octanol–water partition coefficient (Wildman–Crippen LogP) is 2.63. The lowest BCUT2D eigenvalue weighted by molar-refractivity contribution is 0.0368. The van der Waals surface area contributed by atoms with Gasteiger partial charge in [-0.1, -0.05) is 18.2 Å². The van der Waals surface area contributed by atoms with E-state index < -0.39 is 0 Å². The van der Waals surface area contributed by atoms with Gasteiger partial charge in [-0.15, -0.1) is 0 Å². The van der Waals surface area contributed by atoms with Gasteiger partial charge in [0.2, 0.25) is 5.95 Å². The number of pyridine rings is 1. The van der Waals surface area contributed by atoms with Crippen LogP contribution in [0.1, 0.15) is 0 Å². The van der Waals surface area contributed by atoms with Crippen molar-refractivity contribution in [1.29, 1.82) is 0 Å². The van der Waals surface area contributed by atoms with Crippen LogP contribution in [-0.2, 0) is 4.74 Å². The fourth-order valence-electron chi connectivity index (χ4n) is 2.88. The molecule has 0 radical (unpaired) electrons. The highest BCUT2D eigenvalue weighted by Gasteiger charge is 2.24. The summed E-state index contributed by atoms with van der Waals surface area (Å²) in [6.07, 6.45) is 3.47. The van der Waals surface area contributed by atoms with Gasteiger partial charge in [-0.3, -0.25) is 0 Å². The quantitative estimate of drug-likeness (QED) is 0.776. The Labute approximate surface area is 151 Å². The molecule has 0 atom stereocenters. The number of rotatable bonds is 4. The maximum absolute atomic E-state index is 9.75. The molecule has 0 unspecified atom stereocenters. The van der Waals surface area contributed by atoms with Crippen molar-refractivity contribution in [2.75, 3.05) is 31.3 Å². The standard InChI is InChI=1S/C19H19N5O2/c25-16-5-3-4-15(14-16)17-7-9-21-19(22-17)24(18-6-1-2-8-20-18)23-10-12-26-13-11-23/h1-9,14,25H,10-13H2. The molecule has 0 spiro atoms. The van der Waals surface area contributed by atoms with Crippen molar-refractivity contribution in [2.45, 2.75) is 0 Å². The van der Waals surface area contributed by atoms with Crippen LogP contribution in [0.3, 0.4) is 0 Å². The summed E-state index contributed by atoms with van der Waals surface area (Å²) in [5.74, 6) is 1.49. The molecular weight excluding hydrogens is 330 g/mol. The maximum atomic E-state index is 9.75. The van der Waals surface area contributed by atoms with Gasteiger partial charge >= 0.3 is 0 Å². The lowest BCUT2D eigenvalue weighted by atomic mass is 10.1. The van der Waals surface area contributed by atoms with Crippen molar-refractivity contribution in [1.82, 2.24) is 20.0 Å². The average molecular weight is 349 g/mol. The van der Waals surface area contributed by atoms with Gasteiger partial charge in [0.25, 0.3) is 0 Å². The summed E-state index contributed by atoms with van der Waals surface area (Å²) in [4.78, 5) is 13.7. The average Bonchev–Trinajstić information content (AvgIpc) is 2.70. The summed E-state index contributed by atoms with van der Waals surface area (Å²) in [5.41, 5.74) is 1.57. The van der Waals surface area contributed by atoms with E-state index in [1.165, 1.54) is 0 Å². The fourth-order valence-corrected chi connectivity index (χ4v) is 2.88. The molecule has 0 aliphatic carbocycles. The third kappa shape index (κ3) is 3.49. The minimum absolute atomic E-state index is 0.206. The number of anilines is 2. The molecule has 7 heteroatoms. The Kier molecular flexibility index (Phi) is 4.72. The van der Waals surface area contributed by atoms with Crippen molar-refractivity contribution < 1.29 is 9.84 Å². The molecule has 3 aromatic rings. The van der Waals surface area contributed by atoms with Crippen LogP contribution in [0.15, 0.2) is 60.9 Å². The molecule has 3 heterocycles. The number of ether oxygens (including phenoxy) is 1. The smallest absolute Gasteiger partial charge is 0.246 e.